The molecule has 1 unspecified atom stereocenters. The summed E-state index contributed by atoms with van der Waals surface area (Å²) in [7, 11) is 0. The lowest BCUT2D eigenvalue weighted by Crippen LogP contribution is -2.34. The Labute approximate surface area is 171 Å². The maximum Gasteiger partial charge on any atom is 0.258 e. The van der Waals surface area contributed by atoms with Crippen LogP contribution < -0.4 is 10.1 Å². The molecule has 7 heteroatoms. The molecule has 0 saturated heterocycles. The van der Waals surface area contributed by atoms with Crippen LogP contribution in [0.2, 0.25) is 5.02 Å². The van der Waals surface area contributed by atoms with E-state index in [-0.39, 0.29) is 18.6 Å². The van der Waals surface area contributed by atoms with Crippen LogP contribution in [0.15, 0.2) is 59.3 Å². The minimum absolute atomic E-state index is 0.121. The van der Waals surface area contributed by atoms with Crippen LogP contribution in [0.4, 0.5) is 0 Å². The van der Waals surface area contributed by atoms with E-state index in [4.69, 9.17) is 16.3 Å². The Morgan fingerprint density at radius 1 is 1.33 bits per heavy atom. The van der Waals surface area contributed by atoms with Gasteiger partial charge in [0.15, 0.2) is 6.61 Å². The van der Waals surface area contributed by atoms with E-state index < -0.39 is 0 Å². The lowest BCUT2D eigenvalue weighted by atomic mass is 10.0. The van der Waals surface area contributed by atoms with Crippen LogP contribution in [0.1, 0.15) is 23.0 Å². The maximum absolute atomic E-state index is 12.5. The number of aromatic amines is 1. The molecule has 2 aromatic carbocycles. The summed E-state index contributed by atoms with van der Waals surface area (Å²) >= 11 is 9.60. The van der Waals surface area contributed by atoms with Crippen molar-refractivity contribution < 1.29 is 9.53 Å². The molecule has 0 bridgehead atoms. The topological polar surface area (TPSA) is 67.0 Å². The Balaban J connectivity index is 1.68. The molecule has 0 aliphatic carbocycles. The molecule has 1 amide bonds. The van der Waals surface area contributed by atoms with E-state index in [9.17, 15) is 4.79 Å². The molecule has 3 aromatic rings. The molecule has 5 nitrogen and oxygen atoms in total. The van der Waals surface area contributed by atoms with Gasteiger partial charge in [-0.3, -0.25) is 4.79 Å². The summed E-state index contributed by atoms with van der Waals surface area (Å²) in [5, 5.41) is 3.48. The van der Waals surface area contributed by atoms with E-state index in [1.54, 1.807) is 18.5 Å². The highest BCUT2D eigenvalue weighted by Crippen LogP contribution is 2.32. The third kappa shape index (κ3) is 5.34. The largest absolute Gasteiger partial charge is 0.482 e. The molecule has 140 valence electrons. The molecule has 27 heavy (non-hydrogen) atoms. The maximum atomic E-state index is 12.5. The second-order valence-corrected chi connectivity index (χ2v) is 7.42. The average molecular weight is 449 g/mol. The van der Waals surface area contributed by atoms with Crippen LogP contribution >= 0.6 is 27.5 Å². The smallest absolute Gasteiger partial charge is 0.258 e. The number of carbonyl (C=O) groups excluding carboxylic acids is 1. The molecular formula is C20H19BrClN3O2. The van der Waals surface area contributed by atoms with E-state index >= 15 is 0 Å². The van der Waals surface area contributed by atoms with E-state index in [1.165, 1.54) is 0 Å². The number of imidazole rings is 1. The first-order chi connectivity index (χ1) is 13.0. The van der Waals surface area contributed by atoms with Crippen molar-refractivity contribution in [2.24, 2.45) is 0 Å². The summed E-state index contributed by atoms with van der Waals surface area (Å²) in [4.78, 5) is 19.8. The van der Waals surface area contributed by atoms with Gasteiger partial charge in [0.2, 0.25) is 0 Å². The summed E-state index contributed by atoms with van der Waals surface area (Å²) < 4.78 is 6.53. The molecule has 2 N–H and O–H groups in total. The Morgan fingerprint density at radius 3 is 2.78 bits per heavy atom. The number of H-pyrrole nitrogens is 1. The lowest BCUT2D eigenvalue weighted by Gasteiger charge is -2.19. The van der Waals surface area contributed by atoms with Crippen LogP contribution in [0.5, 0.6) is 5.75 Å². The number of nitrogens with zero attached hydrogens (tertiary/aromatic N) is 1. The van der Waals surface area contributed by atoms with Gasteiger partial charge in [-0.05, 0) is 30.2 Å². The molecule has 0 aliphatic rings. The Kier molecular flexibility index (Phi) is 6.53. The molecule has 0 aliphatic heterocycles. The molecule has 0 spiro atoms. The number of hydrogen-bond acceptors (Lipinski definition) is 3. The van der Waals surface area contributed by atoms with Gasteiger partial charge in [-0.2, -0.15) is 0 Å². The monoisotopic (exact) mass is 447 g/mol. The number of benzene rings is 2. The van der Waals surface area contributed by atoms with Gasteiger partial charge in [0.05, 0.1) is 11.1 Å². The Morgan fingerprint density at radius 2 is 2.11 bits per heavy atom. The van der Waals surface area contributed by atoms with Gasteiger partial charge in [-0.15, -0.1) is 0 Å². The molecule has 3 rings (SSSR count). The second kappa shape index (κ2) is 9.06. The lowest BCUT2D eigenvalue weighted by molar-refractivity contribution is -0.123. The first-order valence-electron chi connectivity index (χ1n) is 8.44. The van der Waals surface area contributed by atoms with Crippen LogP contribution in [-0.4, -0.2) is 22.5 Å². The zero-order valence-electron chi connectivity index (χ0n) is 14.7. The summed E-state index contributed by atoms with van der Waals surface area (Å²) in [6, 6.07) is 13.2. The normalized spacial score (nSPS) is 11.8. The minimum atomic E-state index is -0.228. The number of amides is 1. The van der Waals surface area contributed by atoms with Gasteiger partial charge >= 0.3 is 0 Å². The Bertz CT molecular complexity index is 878. The quantitative estimate of drug-likeness (QED) is 0.554. The van der Waals surface area contributed by atoms with Crippen LogP contribution in [0, 0.1) is 6.92 Å². The van der Waals surface area contributed by atoms with Crippen molar-refractivity contribution in [1.82, 2.24) is 15.3 Å². The molecule has 1 atom stereocenters. The summed E-state index contributed by atoms with van der Waals surface area (Å²) in [6.07, 6.45) is 4.02. The minimum Gasteiger partial charge on any atom is -0.482 e. The number of aromatic nitrogens is 2. The van der Waals surface area contributed by atoms with Crippen molar-refractivity contribution in [3.63, 3.8) is 0 Å². The Hall–Kier alpha value is -2.31. The van der Waals surface area contributed by atoms with Crippen molar-refractivity contribution >= 4 is 33.4 Å². The highest BCUT2D eigenvalue weighted by atomic mass is 79.9. The van der Waals surface area contributed by atoms with Crippen molar-refractivity contribution in [1.29, 1.82) is 0 Å². The van der Waals surface area contributed by atoms with Gasteiger partial charge < -0.3 is 15.0 Å². The van der Waals surface area contributed by atoms with Gasteiger partial charge in [-0.1, -0.05) is 57.9 Å². The number of halogens is 2. The van der Waals surface area contributed by atoms with Crippen molar-refractivity contribution in [2.45, 2.75) is 19.4 Å². The standard InChI is InChI=1S/C20H19BrClN3O2/c1-13-9-15(21)10-16(22)20(13)27-12-19(26)25-17(11-18-23-7-8-24-18)14-5-3-2-4-6-14/h2-10,17H,11-12H2,1H3,(H,23,24)(H,25,26). The van der Waals surface area contributed by atoms with Gasteiger partial charge in [0.25, 0.3) is 5.91 Å². The number of nitrogens with one attached hydrogen (secondary N) is 2. The second-order valence-electron chi connectivity index (χ2n) is 6.09. The van der Waals surface area contributed by atoms with Gasteiger partial charge in [-0.25, -0.2) is 4.98 Å². The number of ether oxygens (including phenoxy) is 1. The fourth-order valence-corrected chi connectivity index (χ4v) is 3.81. The molecule has 1 aromatic heterocycles. The molecule has 0 fully saturated rings. The third-order valence-corrected chi connectivity index (χ3v) is 4.77. The molecular weight excluding hydrogens is 430 g/mol. The van der Waals surface area contributed by atoms with E-state index in [2.05, 4.69) is 31.2 Å². The third-order valence-electron chi connectivity index (χ3n) is 4.03. The fraction of sp³-hybridized carbons (Fsp3) is 0.200. The fourth-order valence-electron chi connectivity index (χ4n) is 2.79. The number of aryl methyl sites for hydroxylation is 1. The molecule has 1 heterocycles. The number of hydrogen-bond donors (Lipinski definition) is 2. The van der Waals surface area contributed by atoms with Crippen LogP contribution in [-0.2, 0) is 11.2 Å². The highest BCUT2D eigenvalue weighted by Gasteiger charge is 2.17. The first kappa shape index (κ1) is 19.5. The SMILES string of the molecule is Cc1cc(Br)cc(Cl)c1OCC(=O)NC(Cc1ncc[nH]1)c1ccccc1. The summed E-state index contributed by atoms with van der Waals surface area (Å²) in [6.45, 7) is 1.76. The number of rotatable bonds is 7. The van der Waals surface area contributed by atoms with Gasteiger partial charge in [0.1, 0.15) is 11.6 Å². The summed E-state index contributed by atoms with van der Waals surface area (Å²) in [5.74, 6) is 1.09. The van der Waals surface area contributed by atoms with Crippen LogP contribution in [0.25, 0.3) is 0 Å². The average Bonchev–Trinajstić information content (AvgIpc) is 3.14. The summed E-state index contributed by atoms with van der Waals surface area (Å²) in [5.41, 5.74) is 1.86. The molecule has 0 saturated carbocycles. The number of carbonyl (C=O) groups is 1. The van der Waals surface area contributed by atoms with Crippen molar-refractivity contribution in [2.75, 3.05) is 6.61 Å². The predicted octanol–water partition coefficient (Wildman–Crippen LogP) is 4.61. The zero-order valence-corrected chi connectivity index (χ0v) is 17.0. The van der Waals surface area contributed by atoms with Gasteiger partial charge in [0, 0.05) is 23.3 Å². The van der Waals surface area contributed by atoms with Crippen molar-refractivity contribution in [3.8, 4) is 5.75 Å². The van der Waals surface area contributed by atoms with E-state index in [0.717, 1.165) is 21.4 Å². The zero-order chi connectivity index (χ0) is 19.2. The molecule has 0 radical (unpaired) electrons. The predicted molar refractivity (Wildman–Crippen MR) is 109 cm³/mol. The van der Waals surface area contributed by atoms with Crippen LogP contribution in [0.3, 0.4) is 0 Å². The van der Waals surface area contributed by atoms with E-state index in [0.29, 0.717) is 17.2 Å². The van der Waals surface area contributed by atoms with E-state index in [1.807, 2.05) is 43.3 Å². The van der Waals surface area contributed by atoms with Crippen molar-refractivity contribution in [3.05, 3.63) is 81.3 Å². The highest BCUT2D eigenvalue weighted by molar-refractivity contribution is 9.10. The first-order valence-corrected chi connectivity index (χ1v) is 9.61.